The largest absolute Gasteiger partial charge is 0.354 e. The van der Waals surface area contributed by atoms with Gasteiger partial charge in [-0.3, -0.25) is 9.89 Å². The molecule has 0 saturated carbocycles. The van der Waals surface area contributed by atoms with Gasteiger partial charge in [-0.15, -0.1) is 34.2 Å². The maximum atomic E-state index is 4.45. The molecule has 1 aromatic carbocycles. The number of likely N-dealkylation sites (tertiary alicyclic amines) is 1. The SMILES string of the molecule is CN=C(NCc1nnc2n1CCCCC2)NC1CCN(Cc2ccccc2)C(C)C1.I. The summed E-state index contributed by atoms with van der Waals surface area (Å²) in [7, 11) is 1.84. The van der Waals surface area contributed by atoms with Crippen LogP contribution < -0.4 is 10.6 Å². The zero-order valence-corrected chi connectivity index (χ0v) is 21.1. The van der Waals surface area contributed by atoms with Gasteiger partial charge in [-0.1, -0.05) is 36.8 Å². The van der Waals surface area contributed by atoms with Gasteiger partial charge in [0.25, 0.3) is 0 Å². The number of nitrogens with zero attached hydrogens (tertiary/aromatic N) is 5. The number of rotatable bonds is 5. The summed E-state index contributed by atoms with van der Waals surface area (Å²) >= 11 is 0. The molecule has 8 heteroatoms. The third kappa shape index (κ3) is 6.41. The van der Waals surface area contributed by atoms with E-state index in [0.717, 1.165) is 56.5 Å². The van der Waals surface area contributed by atoms with Crippen molar-refractivity contribution in [2.75, 3.05) is 13.6 Å². The van der Waals surface area contributed by atoms with E-state index in [2.05, 4.69) is 72.5 Å². The Labute approximate surface area is 203 Å². The van der Waals surface area contributed by atoms with Crippen LogP contribution in [-0.4, -0.2) is 51.3 Å². The summed E-state index contributed by atoms with van der Waals surface area (Å²) in [5, 5.41) is 15.9. The zero-order chi connectivity index (χ0) is 20.8. The first-order valence-electron chi connectivity index (χ1n) is 11.4. The van der Waals surface area contributed by atoms with Crippen LogP contribution in [0.4, 0.5) is 0 Å². The van der Waals surface area contributed by atoms with E-state index in [9.17, 15) is 0 Å². The lowest BCUT2D eigenvalue weighted by Crippen LogP contribution is -2.51. The van der Waals surface area contributed by atoms with Crippen molar-refractivity contribution in [1.82, 2.24) is 30.3 Å². The maximum absolute atomic E-state index is 4.45. The summed E-state index contributed by atoms with van der Waals surface area (Å²) in [6.45, 7) is 6.15. The van der Waals surface area contributed by atoms with Crippen molar-refractivity contribution in [2.45, 2.75) is 77.2 Å². The lowest BCUT2D eigenvalue weighted by atomic mass is 9.97. The fourth-order valence-corrected chi connectivity index (χ4v) is 4.63. The number of benzene rings is 1. The quantitative estimate of drug-likeness (QED) is 0.348. The summed E-state index contributed by atoms with van der Waals surface area (Å²) in [4.78, 5) is 7.03. The fourth-order valence-electron chi connectivity index (χ4n) is 4.63. The van der Waals surface area contributed by atoms with Gasteiger partial charge in [-0.05, 0) is 38.2 Å². The van der Waals surface area contributed by atoms with E-state index in [1.165, 1.54) is 24.8 Å². The number of guanidine groups is 1. The molecular weight excluding hydrogens is 501 g/mol. The maximum Gasteiger partial charge on any atom is 0.191 e. The lowest BCUT2D eigenvalue weighted by Gasteiger charge is -2.38. The van der Waals surface area contributed by atoms with Crippen LogP contribution in [0.1, 0.15) is 56.2 Å². The molecular formula is C23H36IN7. The van der Waals surface area contributed by atoms with Crippen LogP contribution >= 0.6 is 24.0 Å². The minimum atomic E-state index is 0. The van der Waals surface area contributed by atoms with E-state index < -0.39 is 0 Å². The Balaban J connectivity index is 0.00000272. The van der Waals surface area contributed by atoms with E-state index in [4.69, 9.17) is 0 Å². The Hall–Kier alpha value is -1.68. The normalized spacial score (nSPS) is 22.2. The van der Waals surface area contributed by atoms with Gasteiger partial charge in [0.15, 0.2) is 11.8 Å². The van der Waals surface area contributed by atoms with Gasteiger partial charge in [0, 0.05) is 45.2 Å². The highest BCUT2D eigenvalue weighted by Gasteiger charge is 2.26. The highest BCUT2D eigenvalue weighted by molar-refractivity contribution is 14.0. The number of halogens is 1. The van der Waals surface area contributed by atoms with E-state index >= 15 is 0 Å². The minimum Gasteiger partial charge on any atom is -0.354 e. The van der Waals surface area contributed by atoms with Gasteiger partial charge in [0.2, 0.25) is 0 Å². The second-order valence-electron chi connectivity index (χ2n) is 8.59. The van der Waals surface area contributed by atoms with Crippen molar-refractivity contribution in [3.05, 3.63) is 47.5 Å². The summed E-state index contributed by atoms with van der Waals surface area (Å²) in [5.74, 6) is 3.00. The highest BCUT2D eigenvalue weighted by Crippen LogP contribution is 2.20. The molecule has 31 heavy (non-hydrogen) atoms. The van der Waals surface area contributed by atoms with E-state index in [0.29, 0.717) is 18.6 Å². The standard InChI is InChI=1S/C23H35N7.HI/c1-18-15-20(12-14-29(18)17-19-9-5-3-6-10-19)26-23(24-2)25-16-22-28-27-21-11-7-4-8-13-30(21)22;/h3,5-6,9-10,18,20H,4,7-8,11-17H2,1-2H3,(H2,24,25,26);1H. The molecule has 0 radical (unpaired) electrons. The molecule has 2 aliphatic rings. The summed E-state index contributed by atoms with van der Waals surface area (Å²) < 4.78 is 2.29. The van der Waals surface area contributed by atoms with Gasteiger partial charge in [0.1, 0.15) is 5.82 Å². The number of hydrogen-bond acceptors (Lipinski definition) is 4. The molecule has 2 N–H and O–H groups in total. The van der Waals surface area contributed by atoms with E-state index in [1.807, 2.05) is 7.05 Å². The van der Waals surface area contributed by atoms with Gasteiger partial charge in [-0.25, -0.2) is 0 Å². The van der Waals surface area contributed by atoms with Crippen molar-refractivity contribution >= 4 is 29.9 Å². The van der Waals surface area contributed by atoms with Crippen molar-refractivity contribution in [3.8, 4) is 0 Å². The number of aromatic nitrogens is 3. The first-order chi connectivity index (χ1) is 14.7. The monoisotopic (exact) mass is 537 g/mol. The van der Waals surface area contributed by atoms with Crippen LogP contribution in [0.2, 0.25) is 0 Å². The average Bonchev–Trinajstić information content (AvgIpc) is 2.99. The molecule has 1 aromatic heterocycles. The lowest BCUT2D eigenvalue weighted by molar-refractivity contribution is 0.134. The summed E-state index contributed by atoms with van der Waals surface area (Å²) in [5.41, 5.74) is 1.39. The number of fused-ring (bicyclic) bond motifs is 1. The number of nitrogens with one attached hydrogen (secondary N) is 2. The molecule has 1 saturated heterocycles. The fraction of sp³-hybridized carbons (Fsp3) is 0.609. The predicted molar refractivity (Wildman–Crippen MR) is 136 cm³/mol. The van der Waals surface area contributed by atoms with Crippen molar-refractivity contribution in [2.24, 2.45) is 4.99 Å². The van der Waals surface area contributed by atoms with Crippen LogP contribution in [0.5, 0.6) is 0 Å². The molecule has 0 bridgehead atoms. The molecule has 3 heterocycles. The van der Waals surface area contributed by atoms with E-state index in [-0.39, 0.29) is 24.0 Å². The molecule has 2 atom stereocenters. The number of piperidine rings is 1. The molecule has 0 spiro atoms. The molecule has 170 valence electrons. The summed E-state index contributed by atoms with van der Waals surface area (Å²) in [6.07, 6.45) is 6.99. The Bertz CT molecular complexity index is 836. The van der Waals surface area contributed by atoms with Gasteiger partial charge in [-0.2, -0.15) is 0 Å². The smallest absolute Gasteiger partial charge is 0.191 e. The third-order valence-corrected chi connectivity index (χ3v) is 6.41. The van der Waals surface area contributed by atoms with Gasteiger partial charge < -0.3 is 15.2 Å². The number of aryl methyl sites for hydroxylation is 1. The molecule has 0 amide bonds. The zero-order valence-electron chi connectivity index (χ0n) is 18.8. The molecule has 2 aliphatic heterocycles. The van der Waals surface area contributed by atoms with Crippen molar-refractivity contribution in [3.63, 3.8) is 0 Å². The summed E-state index contributed by atoms with van der Waals surface area (Å²) in [6, 6.07) is 11.7. The molecule has 2 aromatic rings. The molecule has 2 unspecified atom stereocenters. The van der Waals surface area contributed by atoms with Crippen LogP contribution in [0.15, 0.2) is 35.3 Å². The van der Waals surface area contributed by atoms with Crippen LogP contribution in [-0.2, 0) is 26.1 Å². The number of aliphatic imine (C=N–C) groups is 1. The average molecular weight is 537 g/mol. The Morgan fingerprint density at radius 2 is 1.97 bits per heavy atom. The van der Waals surface area contributed by atoms with Crippen LogP contribution in [0, 0.1) is 0 Å². The molecule has 0 aliphatic carbocycles. The van der Waals surface area contributed by atoms with Crippen LogP contribution in [0.25, 0.3) is 0 Å². The first kappa shape index (κ1) is 24.0. The Morgan fingerprint density at radius 3 is 2.74 bits per heavy atom. The number of hydrogen-bond donors (Lipinski definition) is 2. The van der Waals surface area contributed by atoms with Gasteiger partial charge >= 0.3 is 0 Å². The second-order valence-corrected chi connectivity index (χ2v) is 8.59. The second kappa shape index (κ2) is 11.8. The highest BCUT2D eigenvalue weighted by atomic mass is 127. The topological polar surface area (TPSA) is 70.4 Å². The van der Waals surface area contributed by atoms with Crippen LogP contribution in [0.3, 0.4) is 0 Å². The Morgan fingerprint density at radius 1 is 1.13 bits per heavy atom. The predicted octanol–water partition coefficient (Wildman–Crippen LogP) is 3.34. The molecule has 7 nitrogen and oxygen atoms in total. The molecule has 1 fully saturated rings. The minimum absolute atomic E-state index is 0. The van der Waals surface area contributed by atoms with E-state index in [1.54, 1.807) is 0 Å². The molecule has 4 rings (SSSR count). The third-order valence-electron chi connectivity index (χ3n) is 6.41. The first-order valence-corrected chi connectivity index (χ1v) is 11.4. The van der Waals surface area contributed by atoms with Gasteiger partial charge in [0.05, 0.1) is 6.54 Å². The van der Waals surface area contributed by atoms with Crippen molar-refractivity contribution < 1.29 is 0 Å². The Kier molecular flexibility index (Phi) is 9.13. The van der Waals surface area contributed by atoms with Crippen molar-refractivity contribution in [1.29, 1.82) is 0 Å².